The van der Waals surface area contributed by atoms with Gasteiger partial charge >= 0.3 is 0 Å². The second-order valence-electron chi connectivity index (χ2n) is 3.49. The van der Waals surface area contributed by atoms with Crippen LogP contribution in [-0.4, -0.2) is 15.2 Å². The highest BCUT2D eigenvalue weighted by molar-refractivity contribution is 5.07. The number of aliphatic hydroxyl groups excluding tert-OH is 1. The van der Waals surface area contributed by atoms with Gasteiger partial charge in [0.1, 0.15) is 6.10 Å². The first-order valence-corrected chi connectivity index (χ1v) is 4.20. The van der Waals surface area contributed by atoms with Gasteiger partial charge in [-0.1, -0.05) is 12.1 Å². The van der Waals surface area contributed by atoms with Gasteiger partial charge in [-0.3, -0.25) is 0 Å². The summed E-state index contributed by atoms with van der Waals surface area (Å²) in [5, 5.41) is 12.9. The monoisotopic (exact) mass is 168 g/mol. The second kappa shape index (κ2) is 2.55. The molecule has 66 valence electrons. The molecule has 4 heteroatoms. The Labute approximate surface area is 70.6 Å². The van der Waals surface area contributed by atoms with Gasteiger partial charge in [0.15, 0.2) is 5.82 Å². The van der Waals surface area contributed by atoms with Crippen LogP contribution in [0.25, 0.3) is 0 Å². The highest BCUT2D eigenvalue weighted by atomic mass is 16.5. The first-order valence-electron chi connectivity index (χ1n) is 4.20. The molecule has 0 aliphatic heterocycles. The van der Waals surface area contributed by atoms with E-state index >= 15 is 0 Å². The molecule has 0 aromatic carbocycles. The highest BCUT2D eigenvalue weighted by Crippen LogP contribution is 2.45. The maximum absolute atomic E-state index is 9.11. The van der Waals surface area contributed by atoms with Gasteiger partial charge < -0.3 is 9.63 Å². The summed E-state index contributed by atoms with van der Waals surface area (Å²) in [5.41, 5.74) is 0. The summed E-state index contributed by atoms with van der Waals surface area (Å²) in [6.45, 7) is 3.77. The molecule has 1 heterocycles. The average Bonchev–Trinajstić information content (AvgIpc) is 2.59. The fourth-order valence-electron chi connectivity index (χ4n) is 1.25. The Morgan fingerprint density at radius 2 is 2.33 bits per heavy atom. The van der Waals surface area contributed by atoms with Crippen LogP contribution < -0.4 is 0 Å². The minimum Gasteiger partial charge on any atom is -0.384 e. The van der Waals surface area contributed by atoms with Crippen molar-refractivity contribution in [1.82, 2.24) is 10.1 Å². The van der Waals surface area contributed by atoms with E-state index in [1.165, 1.54) is 0 Å². The minimum absolute atomic E-state index is 0.323. The predicted molar refractivity (Wildman–Crippen MR) is 41.5 cm³/mol. The largest absolute Gasteiger partial charge is 0.384 e. The van der Waals surface area contributed by atoms with Gasteiger partial charge in [0, 0.05) is 5.92 Å². The van der Waals surface area contributed by atoms with Crippen molar-refractivity contribution in [2.24, 2.45) is 5.92 Å². The molecular weight excluding hydrogens is 156 g/mol. The minimum atomic E-state index is -0.652. The Kier molecular flexibility index (Phi) is 1.65. The molecular formula is C8H12N2O2. The normalized spacial score (nSPS) is 30.2. The number of aliphatic hydroxyl groups is 1. The van der Waals surface area contributed by atoms with Crippen LogP contribution in [0.1, 0.15) is 44.0 Å². The first kappa shape index (κ1) is 7.73. The molecule has 1 aromatic rings. The molecule has 4 nitrogen and oxygen atoms in total. The molecule has 0 bridgehead atoms. The average molecular weight is 168 g/mol. The lowest BCUT2D eigenvalue weighted by atomic mass is 10.3. The van der Waals surface area contributed by atoms with Crippen molar-refractivity contribution >= 4 is 0 Å². The van der Waals surface area contributed by atoms with Crippen molar-refractivity contribution in [3.63, 3.8) is 0 Å². The molecule has 0 amide bonds. The van der Waals surface area contributed by atoms with Crippen LogP contribution in [0.4, 0.5) is 0 Å². The van der Waals surface area contributed by atoms with Crippen LogP contribution in [0.2, 0.25) is 0 Å². The van der Waals surface area contributed by atoms with E-state index in [1.54, 1.807) is 6.92 Å². The van der Waals surface area contributed by atoms with Gasteiger partial charge in [-0.15, -0.1) is 0 Å². The summed E-state index contributed by atoms with van der Waals surface area (Å²) in [6, 6.07) is 0. The molecule has 1 aromatic heterocycles. The smallest absolute Gasteiger partial charge is 0.255 e. The zero-order chi connectivity index (χ0) is 8.72. The summed E-state index contributed by atoms with van der Waals surface area (Å²) in [4.78, 5) is 4.09. The Morgan fingerprint density at radius 3 is 2.75 bits per heavy atom. The summed E-state index contributed by atoms with van der Waals surface area (Å²) in [7, 11) is 0. The molecule has 12 heavy (non-hydrogen) atoms. The van der Waals surface area contributed by atoms with E-state index in [1.807, 2.05) is 0 Å². The third-order valence-electron chi connectivity index (χ3n) is 2.26. The van der Waals surface area contributed by atoms with Crippen LogP contribution in [-0.2, 0) is 0 Å². The van der Waals surface area contributed by atoms with Crippen LogP contribution in [0.3, 0.4) is 0 Å². The van der Waals surface area contributed by atoms with E-state index in [9.17, 15) is 0 Å². The molecule has 3 unspecified atom stereocenters. The number of nitrogens with zero attached hydrogens (tertiary/aromatic N) is 2. The van der Waals surface area contributed by atoms with Crippen molar-refractivity contribution < 1.29 is 9.63 Å². The van der Waals surface area contributed by atoms with Crippen molar-refractivity contribution in [3.8, 4) is 0 Å². The Bertz CT molecular complexity index is 282. The first-order chi connectivity index (χ1) is 5.68. The van der Waals surface area contributed by atoms with E-state index in [2.05, 4.69) is 17.1 Å². The predicted octanol–water partition coefficient (Wildman–Crippen LogP) is 1.25. The third-order valence-corrected chi connectivity index (χ3v) is 2.26. The molecule has 3 atom stereocenters. The molecule has 1 N–H and O–H groups in total. The van der Waals surface area contributed by atoms with Crippen LogP contribution in [0.15, 0.2) is 4.52 Å². The van der Waals surface area contributed by atoms with E-state index in [0.29, 0.717) is 17.7 Å². The number of rotatable bonds is 2. The zero-order valence-electron chi connectivity index (χ0n) is 7.19. The quantitative estimate of drug-likeness (QED) is 0.721. The second-order valence-corrected chi connectivity index (χ2v) is 3.49. The Hall–Kier alpha value is -0.900. The van der Waals surface area contributed by atoms with E-state index in [4.69, 9.17) is 9.63 Å². The maximum Gasteiger partial charge on any atom is 0.255 e. The summed E-state index contributed by atoms with van der Waals surface area (Å²) in [5.74, 6) is 2.20. The fraction of sp³-hybridized carbons (Fsp3) is 0.750. The lowest BCUT2D eigenvalue weighted by Crippen LogP contribution is -1.91. The van der Waals surface area contributed by atoms with Gasteiger partial charge in [0.2, 0.25) is 0 Å². The topological polar surface area (TPSA) is 59.2 Å². The van der Waals surface area contributed by atoms with Crippen molar-refractivity contribution in [2.75, 3.05) is 0 Å². The van der Waals surface area contributed by atoms with E-state index in [0.717, 1.165) is 12.2 Å². The summed E-state index contributed by atoms with van der Waals surface area (Å²) < 4.78 is 4.86. The highest BCUT2D eigenvalue weighted by Gasteiger charge is 2.38. The fourth-order valence-corrected chi connectivity index (χ4v) is 1.25. The van der Waals surface area contributed by atoms with Crippen LogP contribution >= 0.6 is 0 Å². The van der Waals surface area contributed by atoms with Crippen LogP contribution in [0.5, 0.6) is 0 Å². The third kappa shape index (κ3) is 1.22. The number of hydrogen-bond acceptors (Lipinski definition) is 4. The van der Waals surface area contributed by atoms with Gasteiger partial charge in [-0.25, -0.2) is 0 Å². The SMILES string of the molecule is CC(O)c1nc(C2CC2C)no1. The van der Waals surface area contributed by atoms with E-state index < -0.39 is 6.10 Å². The lowest BCUT2D eigenvalue weighted by Gasteiger charge is -1.91. The molecule has 1 fully saturated rings. The molecule has 2 rings (SSSR count). The zero-order valence-corrected chi connectivity index (χ0v) is 7.19. The van der Waals surface area contributed by atoms with Gasteiger partial charge in [0.25, 0.3) is 5.89 Å². The number of aromatic nitrogens is 2. The summed E-state index contributed by atoms with van der Waals surface area (Å²) in [6.07, 6.45) is 0.485. The van der Waals surface area contributed by atoms with Gasteiger partial charge in [-0.2, -0.15) is 4.98 Å². The molecule has 0 spiro atoms. The molecule has 1 aliphatic carbocycles. The lowest BCUT2D eigenvalue weighted by molar-refractivity contribution is 0.151. The standard InChI is InChI=1S/C8H12N2O2/c1-4-3-6(4)7-9-8(5(2)11)12-10-7/h4-6,11H,3H2,1-2H3. The number of hydrogen-bond donors (Lipinski definition) is 1. The Morgan fingerprint density at radius 1 is 1.67 bits per heavy atom. The molecule has 0 saturated heterocycles. The molecule has 1 saturated carbocycles. The van der Waals surface area contributed by atoms with Crippen molar-refractivity contribution in [1.29, 1.82) is 0 Å². The van der Waals surface area contributed by atoms with Gasteiger partial charge in [0.05, 0.1) is 0 Å². The van der Waals surface area contributed by atoms with E-state index in [-0.39, 0.29) is 0 Å². The van der Waals surface area contributed by atoms with Crippen molar-refractivity contribution in [3.05, 3.63) is 11.7 Å². The molecule has 0 radical (unpaired) electrons. The van der Waals surface area contributed by atoms with Crippen molar-refractivity contribution in [2.45, 2.75) is 32.3 Å². The van der Waals surface area contributed by atoms with Crippen LogP contribution in [0, 0.1) is 5.92 Å². The maximum atomic E-state index is 9.11. The van der Waals surface area contributed by atoms with Gasteiger partial charge in [-0.05, 0) is 19.3 Å². The Balaban J connectivity index is 2.14. The molecule has 1 aliphatic rings. The summed E-state index contributed by atoms with van der Waals surface area (Å²) >= 11 is 0.